The van der Waals surface area contributed by atoms with Crippen LogP contribution in [-0.4, -0.2) is 36.1 Å². The third kappa shape index (κ3) is 3.71. The fraction of sp³-hybridized carbons (Fsp3) is 0.316. The highest BCUT2D eigenvalue weighted by atomic mass is 16.5. The Morgan fingerprint density at radius 2 is 1.70 bits per heavy atom. The lowest BCUT2D eigenvalue weighted by molar-refractivity contribution is -0.0387. The molecule has 2 aromatic rings. The van der Waals surface area contributed by atoms with Gasteiger partial charge in [-0.3, -0.25) is 4.79 Å². The van der Waals surface area contributed by atoms with Crippen LogP contribution in [0, 0.1) is 0 Å². The SMILES string of the molecule is CC1CN(C(=O)c2ccc(Oc3ccccc3)cc2)C(C)CO1. The summed E-state index contributed by atoms with van der Waals surface area (Å²) in [4.78, 5) is 14.5. The first-order valence-electron chi connectivity index (χ1n) is 7.89. The van der Waals surface area contributed by atoms with E-state index < -0.39 is 0 Å². The normalized spacial score (nSPS) is 21.0. The zero-order valence-corrected chi connectivity index (χ0v) is 13.4. The van der Waals surface area contributed by atoms with Gasteiger partial charge in [0.2, 0.25) is 0 Å². The molecule has 2 atom stereocenters. The molecule has 0 N–H and O–H groups in total. The maximum Gasteiger partial charge on any atom is 0.254 e. The van der Waals surface area contributed by atoms with Crippen LogP contribution in [0.5, 0.6) is 11.5 Å². The molecule has 1 fully saturated rings. The van der Waals surface area contributed by atoms with Gasteiger partial charge in [0, 0.05) is 12.1 Å². The van der Waals surface area contributed by atoms with Gasteiger partial charge in [-0.05, 0) is 50.2 Å². The molecule has 1 heterocycles. The van der Waals surface area contributed by atoms with Crippen LogP contribution in [0.4, 0.5) is 0 Å². The Bertz CT molecular complexity index is 654. The lowest BCUT2D eigenvalue weighted by Gasteiger charge is -2.36. The van der Waals surface area contributed by atoms with E-state index in [1.54, 1.807) is 0 Å². The largest absolute Gasteiger partial charge is 0.457 e. The summed E-state index contributed by atoms with van der Waals surface area (Å²) in [6, 6.07) is 17.0. The summed E-state index contributed by atoms with van der Waals surface area (Å²) in [7, 11) is 0. The van der Waals surface area contributed by atoms with Crippen LogP contribution in [0.3, 0.4) is 0 Å². The second-order valence-corrected chi connectivity index (χ2v) is 5.89. The van der Waals surface area contributed by atoms with Crippen molar-refractivity contribution in [2.75, 3.05) is 13.2 Å². The van der Waals surface area contributed by atoms with Gasteiger partial charge in [0.05, 0.1) is 18.8 Å². The number of amides is 1. The van der Waals surface area contributed by atoms with Gasteiger partial charge in [-0.2, -0.15) is 0 Å². The summed E-state index contributed by atoms with van der Waals surface area (Å²) < 4.78 is 11.3. The van der Waals surface area contributed by atoms with Gasteiger partial charge in [0.1, 0.15) is 11.5 Å². The number of para-hydroxylation sites is 1. The highest BCUT2D eigenvalue weighted by molar-refractivity contribution is 5.94. The van der Waals surface area contributed by atoms with Crippen molar-refractivity contribution in [3.63, 3.8) is 0 Å². The van der Waals surface area contributed by atoms with Gasteiger partial charge in [-0.1, -0.05) is 18.2 Å². The fourth-order valence-electron chi connectivity index (χ4n) is 2.64. The zero-order chi connectivity index (χ0) is 16.2. The summed E-state index contributed by atoms with van der Waals surface area (Å²) in [5.74, 6) is 1.54. The zero-order valence-electron chi connectivity index (χ0n) is 13.4. The Balaban J connectivity index is 1.70. The van der Waals surface area contributed by atoms with Crippen molar-refractivity contribution >= 4 is 5.91 Å². The molecule has 0 spiro atoms. The van der Waals surface area contributed by atoms with Crippen molar-refractivity contribution in [1.82, 2.24) is 4.90 Å². The molecule has 0 aromatic heterocycles. The van der Waals surface area contributed by atoms with Crippen LogP contribution in [0.2, 0.25) is 0 Å². The minimum absolute atomic E-state index is 0.0407. The molecule has 0 radical (unpaired) electrons. The van der Waals surface area contributed by atoms with Gasteiger partial charge in [-0.15, -0.1) is 0 Å². The van der Waals surface area contributed by atoms with E-state index in [0.717, 1.165) is 11.5 Å². The molecular weight excluding hydrogens is 290 g/mol. The lowest BCUT2D eigenvalue weighted by atomic mass is 10.1. The summed E-state index contributed by atoms with van der Waals surface area (Å²) in [5.41, 5.74) is 0.673. The van der Waals surface area contributed by atoms with E-state index in [9.17, 15) is 4.79 Å². The minimum atomic E-state index is 0.0407. The number of rotatable bonds is 3. The molecule has 4 heteroatoms. The number of morpholine rings is 1. The summed E-state index contributed by atoms with van der Waals surface area (Å²) in [6.07, 6.45) is 0.0795. The number of hydrogen-bond donors (Lipinski definition) is 0. The highest BCUT2D eigenvalue weighted by Crippen LogP contribution is 2.22. The highest BCUT2D eigenvalue weighted by Gasteiger charge is 2.28. The van der Waals surface area contributed by atoms with Crippen molar-refractivity contribution in [2.45, 2.75) is 26.0 Å². The second-order valence-electron chi connectivity index (χ2n) is 5.89. The quantitative estimate of drug-likeness (QED) is 0.867. The van der Waals surface area contributed by atoms with Crippen LogP contribution in [0.15, 0.2) is 54.6 Å². The molecule has 23 heavy (non-hydrogen) atoms. The molecule has 2 aromatic carbocycles. The number of hydrogen-bond acceptors (Lipinski definition) is 3. The number of benzene rings is 2. The number of nitrogens with zero attached hydrogens (tertiary/aromatic N) is 1. The molecule has 0 aliphatic carbocycles. The average Bonchev–Trinajstić information content (AvgIpc) is 2.58. The third-order valence-corrected chi connectivity index (χ3v) is 3.95. The van der Waals surface area contributed by atoms with Crippen molar-refractivity contribution < 1.29 is 14.3 Å². The van der Waals surface area contributed by atoms with E-state index in [0.29, 0.717) is 18.7 Å². The van der Waals surface area contributed by atoms with Crippen LogP contribution in [0.1, 0.15) is 24.2 Å². The molecule has 0 bridgehead atoms. The molecule has 4 nitrogen and oxygen atoms in total. The Hall–Kier alpha value is -2.33. The Morgan fingerprint density at radius 1 is 1.04 bits per heavy atom. The third-order valence-electron chi connectivity index (χ3n) is 3.95. The average molecular weight is 311 g/mol. The Morgan fingerprint density at radius 3 is 2.39 bits per heavy atom. The van der Waals surface area contributed by atoms with E-state index in [2.05, 4.69) is 0 Å². The van der Waals surface area contributed by atoms with E-state index in [1.807, 2.05) is 73.3 Å². The first kappa shape index (κ1) is 15.6. The van der Waals surface area contributed by atoms with Crippen molar-refractivity contribution in [1.29, 1.82) is 0 Å². The number of carbonyl (C=O) groups is 1. The standard InChI is InChI=1S/C19H21NO3/c1-14-13-22-15(2)12-20(14)19(21)16-8-10-18(11-9-16)23-17-6-4-3-5-7-17/h3-11,14-15H,12-13H2,1-2H3. The maximum atomic E-state index is 12.7. The van der Waals surface area contributed by atoms with E-state index in [-0.39, 0.29) is 18.1 Å². The van der Waals surface area contributed by atoms with Crippen molar-refractivity contribution in [3.05, 3.63) is 60.2 Å². The smallest absolute Gasteiger partial charge is 0.254 e. The van der Waals surface area contributed by atoms with Crippen LogP contribution >= 0.6 is 0 Å². The topological polar surface area (TPSA) is 38.8 Å². The Labute approximate surface area is 136 Å². The van der Waals surface area contributed by atoms with Gasteiger partial charge in [0.15, 0.2) is 0 Å². The molecule has 0 saturated carbocycles. The van der Waals surface area contributed by atoms with E-state index in [4.69, 9.17) is 9.47 Å². The predicted octanol–water partition coefficient (Wildman–Crippen LogP) is 3.73. The van der Waals surface area contributed by atoms with Crippen molar-refractivity contribution in [2.24, 2.45) is 0 Å². The first-order valence-corrected chi connectivity index (χ1v) is 7.89. The van der Waals surface area contributed by atoms with Crippen molar-refractivity contribution in [3.8, 4) is 11.5 Å². The molecule has 120 valence electrons. The monoisotopic (exact) mass is 311 g/mol. The Kier molecular flexibility index (Phi) is 4.63. The molecule has 1 saturated heterocycles. The summed E-state index contributed by atoms with van der Waals surface area (Å²) in [5, 5.41) is 0. The minimum Gasteiger partial charge on any atom is -0.457 e. The van der Waals surface area contributed by atoms with Crippen LogP contribution < -0.4 is 4.74 Å². The first-order chi connectivity index (χ1) is 11.1. The van der Waals surface area contributed by atoms with Crippen LogP contribution in [-0.2, 0) is 4.74 Å². The fourth-order valence-corrected chi connectivity index (χ4v) is 2.64. The predicted molar refractivity (Wildman–Crippen MR) is 88.9 cm³/mol. The van der Waals surface area contributed by atoms with Gasteiger partial charge < -0.3 is 14.4 Å². The summed E-state index contributed by atoms with van der Waals surface area (Å²) in [6.45, 7) is 5.21. The van der Waals surface area contributed by atoms with Gasteiger partial charge in [0.25, 0.3) is 5.91 Å². The molecule has 1 aliphatic heterocycles. The molecular formula is C19H21NO3. The molecule has 1 aliphatic rings. The van der Waals surface area contributed by atoms with Gasteiger partial charge in [-0.25, -0.2) is 0 Å². The van der Waals surface area contributed by atoms with Crippen LogP contribution in [0.25, 0.3) is 0 Å². The maximum absolute atomic E-state index is 12.7. The second kappa shape index (κ2) is 6.84. The van der Waals surface area contributed by atoms with E-state index >= 15 is 0 Å². The molecule has 2 unspecified atom stereocenters. The number of ether oxygens (including phenoxy) is 2. The molecule has 3 rings (SSSR count). The lowest BCUT2D eigenvalue weighted by Crippen LogP contribution is -2.50. The summed E-state index contributed by atoms with van der Waals surface area (Å²) >= 11 is 0. The van der Waals surface area contributed by atoms with Gasteiger partial charge >= 0.3 is 0 Å². The number of carbonyl (C=O) groups excluding carboxylic acids is 1. The van der Waals surface area contributed by atoms with E-state index in [1.165, 1.54) is 0 Å². The molecule has 1 amide bonds.